The number of ether oxygens (including phenoxy) is 2. The fourth-order valence-electron chi connectivity index (χ4n) is 3.89. The molecule has 1 atom stereocenters. The van der Waals surface area contributed by atoms with Gasteiger partial charge in [0, 0.05) is 5.41 Å². The molecule has 4 heteroatoms. The van der Waals surface area contributed by atoms with Crippen molar-refractivity contribution in [3.8, 4) is 11.5 Å². The summed E-state index contributed by atoms with van der Waals surface area (Å²) >= 11 is 0. The summed E-state index contributed by atoms with van der Waals surface area (Å²) in [7, 11) is 0. The number of hydrogen-bond donors (Lipinski definition) is 0. The predicted octanol–water partition coefficient (Wildman–Crippen LogP) is 8.65. The number of carbonyl (C=O) groups is 2. The number of benzene rings is 3. The number of esters is 2. The minimum atomic E-state index is -0.532. The first kappa shape index (κ1) is 28.4. The molecule has 0 amide bonds. The second-order valence-corrected chi connectivity index (χ2v) is 9.87. The maximum atomic E-state index is 12.9. The van der Waals surface area contributed by atoms with E-state index in [1.165, 1.54) is 11.1 Å². The molecular weight excluding hydrogens is 472 g/mol. The molecule has 0 fully saturated rings. The Hall–Kier alpha value is -4.18. The zero-order chi connectivity index (χ0) is 27.5. The SMILES string of the molecule is C=CC(C)(C/C=C(\C)CCC=C(C)C)c1ccc(OC(=O)c2ccccc2)c(OC(=O)c2ccccc2)c1. The Kier molecular flexibility index (Phi) is 10.0. The molecule has 3 rings (SSSR count). The third-order valence-electron chi connectivity index (χ3n) is 6.44. The summed E-state index contributed by atoms with van der Waals surface area (Å²) in [5.74, 6) is -0.712. The maximum Gasteiger partial charge on any atom is 0.343 e. The highest BCUT2D eigenvalue weighted by Gasteiger charge is 2.25. The Bertz CT molecular complexity index is 1320. The molecular formula is C34H36O4. The van der Waals surface area contributed by atoms with Gasteiger partial charge in [-0.15, -0.1) is 6.58 Å². The average Bonchev–Trinajstić information content (AvgIpc) is 2.93. The Balaban J connectivity index is 1.91. The van der Waals surface area contributed by atoms with Crippen LogP contribution in [0.5, 0.6) is 11.5 Å². The molecule has 3 aromatic rings. The normalized spacial score (nSPS) is 12.7. The molecule has 38 heavy (non-hydrogen) atoms. The third kappa shape index (κ3) is 7.91. The van der Waals surface area contributed by atoms with Crippen LogP contribution in [0, 0.1) is 0 Å². The fourth-order valence-corrected chi connectivity index (χ4v) is 3.89. The number of hydrogen-bond acceptors (Lipinski definition) is 4. The first-order valence-electron chi connectivity index (χ1n) is 12.8. The van der Waals surface area contributed by atoms with Crippen LogP contribution in [-0.4, -0.2) is 11.9 Å². The number of allylic oxidation sites excluding steroid dienone is 5. The van der Waals surface area contributed by atoms with Gasteiger partial charge in [0.25, 0.3) is 0 Å². The number of carbonyl (C=O) groups excluding carboxylic acids is 2. The van der Waals surface area contributed by atoms with Crippen LogP contribution in [0.4, 0.5) is 0 Å². The predicted molar refractivity (Wildman–Crippen MR) is 154 cm³/mol. The molecule has 0 N–H and O–H groups in total. The third-order valence-corrected chi connectivity index (χ3v) is 6.44. The largest absolute Gasteiger partial charge is 0.419 e. The minimum Gasteiger partial charge on any atom is -0.419 e. The van der Waals surface area contributed by atoms with Crippen LogP contribution in [0.1, 0.15) is 73.2 Å². The van der Waals surface area contributed by atoms with Crippen molar-refractivity contribution in [1.29, 1.82) is 0 Å². The van der Waals surface area contributed by atoms with E-state index < -0.39 is 17.4 Å². The molecule has 1 unspecified atom stereocenters. The Morgan fingerprint density at radius 3 is 1.87 bits per heavy atom. The molecule has 0 radical (unpaired) electrons. The minimum absolute atomic E-state index is 0.173. The molecule has 0 saturated carbocycles. The van der Waals surface area contributed by atoms with Crippen molar-refractivity contribution < 1.29 is 19.1 Å². The zero-order valence-electron chi connectivity index (χ0n) is 22.7. The fraction of sp³-hybridized carbons (Fsp3) is 0.235. The standard InChI is InChI=1S/C34H36O4/c1-6-34(5,23-22-26(4)15-13-14-25(2)3)29-20-21-30(37-32(35)27-16-9-7-10-17-27)31(24-29)38-33(36)28-18-11-8-12-19-28/h6-12,14,16-22,24H,1,13,15,23H2,2-5H3/b26-22+. The molecule has 0 spiro atoms. The van der Waals surface area contributed by atoms with E-state index in [9.17, 15) is 9.59 Å². The molecule has 0 saturated heterocycles. The quantitative estimate of drug-likeness (QED) is 0.148. The average molecular weight is 509 g/mol. The van der Waals surface area contributed by atoms with Crippen LogP contribution in [-0.2, 0) is 5.41 Å². The number of rotatable bonds is 11. The topological polar surface area (TPSA) is 52.6 Å². The van der Waals surface area contributed by atoms with E-state index in [2.05, 4.69) is 46.4 Å². The van der Waals surface area contributed by atoms with E-state index in [1.54, 1.807) is 60.7 Å². The Morgan fingerprint density at radius 2 is 1.34 bits per heavy atom. The van der Waals surface area contributed by atoms with Gasteiger partial charge in [0.2, 0.25) is 0 Å². The Morgan fingerprint density at radius 1 is 0.789 bits per heavy atom. The van der Waals surface area contributed by atoms with E-state index in [-0.39, 0.29) is 11.5 Å². The first-order valence-corrected chi connectivity index (χ1v) is 12.8. The smallest absolute Gasteiger partial charge is 0.343 e. The van der Waals surface area contributed by atoms with Gasteiger partial charge in [0.1, 0.15) is 0 Å². The van der Waals surface area contributed by atoms with E-state index in [0.717, 1.165) is 24.8 Å². The van der Waals surface area contributed by atoms with Crippen molar-refractivity contribution in [1.82, 2.24) is 0 Å². The van der Waals surface area contributed by atoms with Gasteiger partial charge in [-0.3, -0.25) is 0 Å². The van der Waals surface area contributed by atoms with Gasteiger partial charge in [0.05, 0.1) is 11.1 Å². The molecule has 3 aromatic carbocycles. The lowest BCUT2D eigenvalue weighted by Gasteiger charge is -2.26. The van der Waals surface area contributed by atoms with Gasteiger partial charge in [-0.1, -0.05) is 78.8 Å². The Labute approximate surface area is 226 Å². The highest BCUT2D eigenvalue weighted by molar-refractivity contribution is 5.93. The van der Waals surface area contributed by atoms with Crippen molar-refractivity contribution >= 4 is 11.9 Å². The van der Waals surface area contributed by atoms with Crippen LogP contribution < -0.4 is 9.47 Å². The van der Waals surface area contributed by atoms with Gasteiger partial charge < -0.3 is 9.47 Å². The molecule has 0 aliphatic rings. The molecule has 0 bridgehead atoms. The molecule has 0 heterocycles. The van der Waals surface area contributed by atoms with Crippen molar-refractivity contribution in [3.05, 3.63) is 132 Å². The molecule has 196 valence electrons. The van der Waals surface area contributed by atoms with E-state index in [0.29, 0.717) is 11.1 Å². The lowest BCUT2D eigenvalue weighted by Crippen LogP contribution is -2.19. The van der Waals surface area contributed by atoms with Crippen molar-refractivity contribution in [3.63, 3.8) is 0 Å². The maximum absolute atomic E-state index is 12.9. The van der Waals surface area contributed by atoms with Crippen LogP contribution in [0.2, 0.25) is 0 Å². The summed E-state index contributed by atoms with van der Waals surface area (Å²) < 4.78 is 11.4. The summed E-state index contributed by atoms with van der Waals surface area (Å²) in [5, 5.41) is 0. The first-order chi connectivity index (χ1) is 18.2. The second-order valence-electron chi connectivity index (χ2n) is 9.87. The van der Waals surface area contributed by atoms with Gasteiger partial charge in [-0.2, -0.15) is 0 Å². The molecule has 0 aliphatic heterocycles. The van der Waals surface area contributed by atoms with Gasteiger partial charge in [-0.25, -0.2) is 9.59 Å². The highest BCUT2D eigenvalue weighted by atomic mass is 16.6. The molecule has 0 aliphatic carbocycles. The molecule has 4 nitrogen and oxygen atoms in total. The summed E-state index contributed by atoms with van der Waals surface area (Å²) in [6.07, 6.45) is 9.11. The van der Waals surface area contributed by atoms with Gasteiger partial charge in [0.15, 0.2) is 11.5 Å². The van der Waals surface area contributed by atoms with Crippen molar-refractivity contribution in [2.24, 2.45) is 0 Å². The van der Waals surface area contributed by atoms with Crippen LogP contribution >= 0.6 is 0 Å². The molecule has 0 aromatic heterocycles. The van der Waals surface area contributed by atoms with Crippen molar-refractivity contribution in [2.45, 2.75) is 52.4 Å². The highest BCUT2D eigenvalue weighted by Crippen LogP contribution is 2.37. The van der Waals surface area contributed by atoms with Gasteiger partial charge >= 0.3 is 11.9 Å². The lowest BCUT2D eigenvalue weighted by molar-refractivity contribution is 0.0682. The van der Waals surface area contributed by atoms with E-state index in [4.69, 9.17) is 9.47 Å². The van der Waals surface area contributed by atoms with Crippen LogP contribution in [0.15, 0.2) is 115 Å². The summed E-state index contributed by atoms with van der Waals surface area (Å²) in [5.41, 5.74) is 3.91. The monoisotopic (exact) mass is 508 g/mol. The summed E-state index contributed by atoms with van der Waals surface area (Å²) in [6.45, 7) is 12.5. The second kappa shape index (κ2) is 13.4. The van der Waals surface area contributed by atoms with Crippen LogP contribution in [0.25, 0.3) is 0 Å². The lowest BCUT2D eigenvalue weighted by atomic mass is 9.79. The van der Waals surface area contributed by atoms with E-state index in [1.807, 2.05) is 24.3 Å². The zero-order valence-corrected chi connectivity index (χ0v) is 22.7. The summed E-state index contributed by atoms with van der Waals surface area (Å²) in [6, 6.07) is 22.8. The van der Waals surface area contributed by atoms with E-state index >= 15 is 0 Å². The van der Waals surface area contributed by atoms with Crippen LogP contribution in [0.3, 0.4) is 0 Å². The van der Waals surface area contributed by atoms with Crippen molar-refractivity contribution in [2.75, 3.05) is 0 Å². The summed E-state index contributed by atoms with van der Waals surface area (Å²) in [4.78, 5) is 25.7. The van der Waals surface area contributed by atoms with Gasteiger partial charge in [-0.05, 0) is 82.0 Å².